The molecule has 1 saturated carbocycles. The minimum absolute atomic E-state index is 0.108. The Hall–Kier alpha value is -2.07. The van der Waals surface area contributed by atoms with Crippen molar-refractivity contribution >= 4 is 5.91 Å². The Morgan fingerprint density at radius 3 is 2.59 bits per heavy atom. The van der Waals surface area contributed by atoms with Gasteiger partial charge in [0.2, 0.25) is 0 Å². The van der Waals surface area contributed by atoms with Gasteiger partial charge in [0.05, 0.1) is 11.6 Å². The topological polar surface area (TPSA) is 56.1 Å². The second-order valence-electron chi connectivity index (χ2n) is 7.95. The van der Waals surface area contributed by atoms with Crippen molar-refractivity contribution in [1.29, 1.82) is 5.26 Å². The average molecular weight is 379 g/mol. The van der Waals surface area contributed by atoms with Gasteiger partial charge in [-0.1, -0.05) is 19.1 Å². The Bertz CT molecular complexity index is 735. The number of piperidine rings is 1. The van der Waals surface area contributed by atoms with Crippen LogP contribution < -0.4 is 5.32 Å². The van der Waals surface area contributed by atoms with Gasteiger partial charge in [0.25, 0.3) is 0 Å². The predicted octanol–water partition coefficient (Wildman–Crippen LogP) is 3.27. The normalized spacial score (nSPS) is 24.1. The zero-order valence-electron chi connectivity index (χ0n) is 15.4. The summed E-state index contributed by atoms with van der Waals surface area (Å²) in [6.07, 6.45) is -2.26. The number of nitrogens with one attached hydrogen (secondary N) is 1. The SMILES string of the molecule is CC1CC1N(CC1(Cc2cccc(C#N)c2)CCNCC1)C(=O)C(F)(F)F. The third-order valence-corrected chi connectivity index (χ3v) is 5.78. The maximum absolute atomic E-state index is 13.2. The van der Waals surface area contributed by atoms with Gasteiger partial charge < -0.3 is 10.2 Å². The Kier molecular flexibility index (Phi) is 5.48. The number of carbonyl (C=O) groups excluding carboxylic acids is 1. The first-order chi connectivity index (χ1) is 12.7. The Morgan fingerprint density at radius 1 is 1.37 bits per heavy atom. The summed E-state index contributed by atoms with van der Waals surface area (Å²) in [5, 5.41) is 12.4. The van der Waals surface area contributed by atoms with Gasteiger partial charge in [0, 0.05) is 12.6 Å². The number of amides is 1. The third-order valence-electron chi connectivity index (χ3n) is 5.78. The molecule has 0 aromatic heterocycles. The van der Waals surface area contributed by atoms with Crippen molar-refractivity contribution in [2.75, 3.05) is 19.6 Å². The molecule has 1 amide bonds. The summed E-state index contributed by atoms with van der Waals surface area (Å²) in [5.41, 5.74) is 1.05. The molecule has 2 fully saturated rings. The fourth-order valence-electron chi connectivity index (χ4n) is 4.13. The number of rotatable bonds is 5. The largest absolute Gasteiger partial charge is 0.471 e. The van der Waals surface area contributed by atoms with Crippen molar-refractivity contribution in [1.82, 2.24) is 10.2 Å². The van der Waals surface area contributed by atoms with E-state index in [9.17, 15) is 18.0 Å². The molecule has 4 nitrogen and oxygen atoms in total. The minimum atomic E-state index is -4.85. The number of alkyl halides is 3. The van der Waals surface area contributed by atoms with Crippen LogP contribution in [0.5, 0.6) is 0 Å². The van der Waals surface area contributed by atoms with Crippen molar-refractivity contribution < 1.29 is 18.0 Å². The van der Waals surface area contributed by atoms with Gasteiger partial charge in [0.1, 0.15) is 0 Å². The number of hydrogen-bond acceptors (Lipinski definition) is 3. The molecule has 0 radical (unpaired) electrons. The first-order valence-corrected chi connectivity index (χ1v) is 9.32. The quantitative estimate of drug-likeness (QED) is 0.854. The second-order valence-corrected chi connectivity index (χ2v) is 7.95. The van der Waals surface area contributed by atoms with E-state index in [-0.39, 0.29) is 18.5 Å². The van der Waals surface area contributed by atoms with Crippen LogP contribution >= 0.6 is 0 Å². The highest BCUT2D eigenvalue weighted by atomic mass is 19.4. The maximum Gasteiger partial charge on any atom is 0.471 e. The molecule has 1 saturated heterocycles. The zero-order chi connectivity index (χ0) is 19.7. The molecule has 1 N–H and O–H groups in total. The molecule has 0 bridgehead atoms. The number of halogens is 3. The molecular weight excluding hydrogens is 355 g/mol. The van der Waals surface area contributed by atoms with E-state index in [1.807, 2.05) is 13.0 Å². The molecule has 1 aliphatic carbocycles. The van der Waals surface area contributed by atoms with Crippen LogP contribution in [-0.4, -0.2) is 42.7 Å². The van der Waals surface area contributed by atoms with E-state index >= 15 is 0 Å². The van der Waals surface area contributed by atoms with Crippen LogP contribution in [0.4, 0.5) is 13.2 Å². The summed E-state index contributed by atoms with van der Waals surface area (Å²) in [6.45, 7) is 3.42. The average Bonchev–Trinajstić information content (AvgIpc) is 3.36. The molecule has 3 rings (SSSR count). The number of nitrogens with zero attached hydrogens (tertiary/aromatic N) is 2. The van der Waals surface area contributed by atoms with Gasteiger partial charge in [-0.15, -0.1) is 0 Å². The fraction of sp³-hybridized carbons (Fsp3) is 0.600. The lowest BCUT2D eigenvalue weighted by atomic mass is 9.73. The molecule has 1 aliphatic heterocycles. The third kappa shape index (κ3) is 4.62. The van der Waals surface area contributed by atoms with Crippen LogP contribution in [-0.2, 0) is 11.2 Å². The van der Waals surface area contributed by atoms with Gasteiger partial charge in [-0.3, -0.25) is 4.79 Å². The van der Waals surface area contributed by atoms with Gasteiger partial charge in [-0.2, -0.15) is 18.4 Å². The van der Waals surface area contributed by atoms with Gasteiger partial charge >= 0.3 is 12.1 Å². The van der Waals surface area contributed by atoms with E-state index < -0.39 is 17.5 Å². The van der Waals surface area contributed by atoms with E-state index in [1.165, 1.54) is 0 Å². The first kappa shape index (κ1) is 19.7. The number of hydrogen-bond donors (Lipinski definition) is 1. The summed E-state index contributed by atoms with van der Waals surface area (Å²) in [4.78, 5) is 13.2. The maximum atomic E-state index is 13.2. The first-order valence-electron chi connectivity index (χ1n) is 9.32. The Labute approximate surface area is 157 Å². The molecule has 2 atom stereocenters. The number of benzene rings is 1. The van der Waals surface area contributed by atoms with Gasteiger partial charge in [-0.25, -0.2) is 0 Å². The van der Waals surface area contributed by atoms with E-state index in [2.05, 4.69) is 11.4 Å². The standard InChI is InChI=1S/C20H24F3N3O/c1-14-9-17(14)26(18(27)20(21,22)23)13-19(5-7-25-8-6-19)11-15-3-2-4-16(10-15)12-24/h2-4,10,14,17,25H,5-9,11,13H2,1H3. The van der Waals surface area contributed by atoms with Gasteiger partial charge in [-0.05, 0) is 67.8 Å². The van der Waals surface area contributed by atoms with Crippen molar-refractivity contribution in [3.63, 3.8) is 0 Å². The highest BCUT2D eigenvalue weighted by Gasteiger charge is 2.52. The molecule has 1 heterocycles. The predicted molar refractivity (Wildman–Crippen MR) is 94.7 cm³/mol. The number of carbonyl (C=O) groups is 1. The molecule has 146 valence electrons. The lowest BCUT2D eigenvalue weighted by Gasteiger charge is -2.42. The molecule has 7 heteroatoms. The van der Waals surface area contributed by atoms with Crippen LogP contribution in [0.1, 0.15) is 37.3 Å². The Morgan fingerprint density at radius 2 is 2.04 bits per heavy atom. The van der Waals surface area contributed by atoms with Crippen LogP contribution in [0, 0.1) is 22.7 Å². The van der Waals surface area contributed by atoms with Crippen molar-refractivity contribution in [3.05, 3.63) is 35.4 Å². The summed E-state index contributed by atoms with van der Waals surface area (Å²) in [7, 11) is 0. The smallest absolute Gasteiger partial charge is 0.331 e. The highest BCUT2D eigenvalue weighted by Crippen LogP contribution is 2.42. The molecule has 1 aromatic rings. The lowest BCUT2D eigenvalue weighted by Crippen LogP contribution is -2.51. The van der Waals surface area contributed by atoms with Gasteiger partial charge in [0.15, 0.2) is 0 Å². The molecular formula is C20H24F3N3O. The lowest BCUT2D eigenvalue weighted by molar-refractivity contribution is -0.188. The summed E-state index contributed by atoms with van der Waals surface area (Å²) in [6, 6.07) is 8.98. The monoisotopic (exact) mass is 379 g/mol. The van der Waals surface area contributed by atoms with E-state index in [0.29, 0.717) is 44.3 Å². The molecule has 1 aromatic carbocycles. The van der Waals surface area contributed by atoms with E-state index in [1.54, 1.807) is 18.2 Å². The molecule has 27 heavy (non-hydrogen) atoms. The number of nitriles is 1. The van der Waals surface area contributed by atoms with E-state index in [4.69, 9.17) is 5.26 Å². The van der Waals surface area contributed by atoms with Crippen LogP contribution in [0.15, 0.2) is 24.3 Å². The summed E-state index contributed by atoms with van der Waals surface area (Å²) >= 11 is 0. The second kappa shape index (κ2) is 7.51. The van der Waals surface area contributed by atoms with Crippen molar-refractivity contribution in [2.24, 2.45) is 11.3 Å². The minimum Gasteiger partial charge on any atom is -0.331 e. The highest BCUT2D eigenvalue weighted by molar-refractivity contribution is 5.82. The molecule has 2 aliphatic rings. The van der Waals surface area contributed by atoms with E-state index in [0.717, 1.165) is 10.5 Å². The molecule has 0 spiro atoms. The fourth-order valence-corrected chi connectivity index (χ4v) is 4.13. The van der Waals surface area contributed by atoms with Crippen molar-refractivity contribution in [2.45, 2.75) is 44.8 Å². The van der Waals surface area contributed by atoms with Crippen LogP contribution in [0.2, 0.25) is 0 Å². The summed E-state index contributed by atoms with van der Waals surface area (Å²) < 4.78 is 39.5. The van der Waals surface area contributed by atoms with Crippen molar-refractivity contribution in [3.8, 4) is 6.07 Å². The van der Waals surface area contributed by atoms with Crippen LogP contribution in [0.3, 0.4) is 0 Å². The van der Waals surface area contributed by atoms with Crippen LogP contribution in [0.25, 0.3) is 0 Å². The molecule has 2 unspecified atom stereocenters. The Balaban J connectivity index is 1.86. The zero-order valence-corrected chi connectivity index (χ0v) is 15.4. The summed E-state index contributed by atoms with van der Waals surface area (Å²) in [5.74, 6) is -1.61.